The number of carbonyl (C=O) groups excluding carboxylic acids is 2. The van der Waals surface area contributed by atoms with Gasteiger partial charge < -0.3 is 25.6 Å². The molecule has 4 N–H and O–H groups in total. The Kier molecular flexibility index (Phi) is 7.71. The summed E-state index contributed by atoms with van der Waals surface area (Å²) >= 11 is 0. The molecule has 2 aromatic rings. The summed E-state index contributed by atoms with van der Waals surface area (Å²) in [5, 5.41) is 23.3. The second kappa shape index (κ2) is 10.5. The van der Waals surface area contributed by atoms with Crippen molar-refractivity contribution < 1.29 is 29.3 Å². The van der Waals surface area contributed by atoms with Crippen molar-refractivity contribution in [2.45, 2.75) is 50.6 Å². The number of nitrogens with one attached hydrogen (secondary N) is 2. The van der Waals surface area contributed by atoms with Gasteiger partial charge in [0.05, 0.1) is 0 Å². The molecule has 8 heteroatoms. The Morgan fingerprint density at radius 3 is 2.15 bits per heavy atom. The summed E-state index contributed by atoms with van der Waals surface area (Å²) in [5.41, 5.74) is 3.02. The van der Waals surface area contributed by atoms with E-state index in [0.717, 1.165) is 22.3 Å². The summed E-state index contributed by atoms with van der Waals surface area (Å²) in [6, 6.07) is 14.7. The van der Waals surface area contributed by atoms with Crippen LogP contribution in [0.3, 0.4) is 0 Å². The number of ether oxygens (including phenoxy) is 1. The number of alkyl carbamates (subject to hydrolysis) is 1. The molecular formula is C25H30N2O6. The molecule has 2 aromatic carbocycles. The maximum Gasteiger partial charge on any atom is 0.408 e. The van der Waals surface area contributed by atoms with E-state index in [-0.39, 0.29) is 32.0 Å². The molecule has 8 nitrogen and oxygen atoms in total. The number of aliphatic hydroxyl groups is 1. The van der Waals surface area contributed by atoms with Crippen LogP contribution in [-0.2, 0) is 14.3 Å². The van der Waals surface area contributed by atoms with Crippen LogP contribution in [0.15, 0.2) is 48.5 Å². The minimum absolute atomic E-state index is 0.103. The largest absolute Gasteiger partial charge is 0.480 e. The van der Waals surface area contributed by atoms with Crippen LogP contribution < -0.4 is 10.6 Å². The fraction of sp³-hybridized carbons (Fsp3) is 0.400. The number of carbonyl (C=O) groups is 3. The monoisotopic (exact) mass is 454 g/mol. The first-order valence-electron chi connectivity index (χ1n) is 11.1. The van der Waals surface area contributed by atoms with E-state index >= 15 is 0 Å². The number of carboxylic acids is 1. The molecule has 1 unspecified atom stereocenters. The first-order valence-corrected chi connectivity index (χ1v) is 11.1. The minimum atomic E-state index is -1.36. The molecule has 33 heavy (non-hydrogen) atoms. The highest BCUT2D eigenvalue weighted by atomic mass is 16.5. The fourth-order valence-corrected chi connectivity index (χ4v) is 4.30. The molecule has 176 valence electrons. The van der Waals surface area contributed by atoms with E-state index in [1.807, 2.05) is 55.5 Å². The summed E-state index contributed by atoms with van der Waals surface area (Å²) in [4.78, 5) is 36.9. The van der Waals surface area contributed by atoms with Crippen molar-refractivity contribution in [2.75, 3.05) is 13.2 Å². The van der Waals surface area contributed by atoms with E-state index in [0.29, 0.717) is 6.42 Å². The molecule has 0 heterocycles. The standard InChI is InChI=1S/C25H30N2O6/c1-3-13-25(2,23(31)26-21(12-14-28)22(29)30)27-24(32)33-15-20-18-10-6-4-8-16(18)17-9-5-7-11-19(17)20/h4-11,20-21,28H,3,12-15H2,1-2H3,(H,26,31)(H,27,32)(H,29,30)/t21-,25?/m0/s1. The molecule has 1 aliphatic carbocycles. The van der Waals surface area contributed by atoms with Crippen molar-refractivity contribution in [1.29, 1.82) is 0 Å². The molecule has 0 spiro atoms. The number of benzene rings is 2. The third-order valence-electron chi connectivity index (χ3n) is 5.99. The van der Waals surface area contributed by atoms with Gasteiger partial charge in [-0.15, -0.1) is 0 Å². The van der Waals surface area contributed by atoms with Gasteiger partial charge in [-0.1, -0.05) is 61.9 Å². The van der Waals surface area contributed by atoms with Crippen molar-refractivity contribution in [2.24, 2.45) is 0 Å². The van der Waals surface area contributed by atoms with Crippen LogP contribution in [0, 0.1) is 0 Å². The second-order valence-corrected chi connectivity index (χ2v) is 8.41. The van der Waals surface area contributed by atoms with Crippen LogP contribution in [0.1, 0.15) is 50.2 Å². The highest BCUT2D eigenvalue weighted by molar-refractivity contribution is 5.92. The average molecular weight is 455 g/mol. The molecule has 0 fully saturated rings. The summed E-state index contributed by atoms with van der Waals surface area (Å²) in [7, 11) is 0. The number of aliphatic carboxylic acids is 1. The first-order chi connectivity index (χ1) is 15.8. The van der Waals surface area contributed by atoms with Crippen molar-refractivity contribution in [3.8, 4) is 11.1 Å². The third-order valence-corrected chi connectivity index (χ3v) is 5.99. The van der Waals surface area contributed by atoms with Crippen LogP contribution in [0.2, 0.25) is 0 Å². The number of amides is 2. The lowest BCUT2D eigenvalue weighted by molar-refractivity contribution is -0.143. The van der Waals surface area contributed by atoms with E-state index in [4.69, 9.17) is 9.84 Å². The maximum absolute atomic E-state index is 12.8. The molecule has 0 saturated carbocycles. The SMILES string of the molecule is CCCC(C)(NC(=O)OCC1c2ccccc2-c2ccccc21)C(=O)N[C@@H](CCO)C(=O)O. The minimum Gasteiger partial charge on any atom is -0.480 e. The zero-order chi connectivity index (χ0) is 24.0. The average Bonchev–Trinajstić information content (AvgIpc) is 3.11. The molecule has 0 aliphatic heterocycles. The normalized spacial score (nSPS) is 15.0. The molecule has 2 atom stereocenters. The summed E-state index contributed by atoms with van der Waals surface area (Å²) in [6.07, 6.45) is -0.0226. The second-order valence-electron chi connectivity index (χ2n) is 8.41. The number of aliphatic hydroxyl groups excluding tert-OH is 1. The smallest absolute Gasteiger partial charge is 0.408 e. The predicted octanol–water partition coefficient (Wildman–Crippen LogP) is 3.04. The lowest BCUT2D eigenvalue weighted by Crippen LogP contribution is -2.59. The Hall–Kier alpha value is -3.39. The van der Waals surface area contributed by atoms with Gasteiger partial charge in [0.1, 0.15) is 18.2 Å². The molecule has 3 rings (SSSR count). The molecule has 0 aromatic heterocycles. The van der Waals surface area contributed by atoms with E-state index < -0.39 is 29.6 Å². The Balaban J connectivity index is 1.69. The quantitative estimate of drug-likeness (QED) is 0.437. The van der Waals surface area contributed by atoms with Crippen LogP contribution in [0.4, 0.5) is 4.79 Å². The summed E-state index contributed by atoms with van der Waals surface area (Å²) < 4.78 is 5.55. The highest BCUT2D eigenvalue weighted by Crippen LogP contribution is 2.44. The van der Waals surface area contributed by atoms with Gasteiger partial charge in [-0.05, 0) is 35.6 Å². The number of hydrogen-bond acceptors (Lipinski definition) is 5. The molecule has 0 radical (unpaired) electrons. The lowest BCUT2D eigenvalue weighted by Gasteiger charge is -2.30. The van der Waals surface area contributed by atoms with Gasteiger partial charge in [-0.3, -0.25) is 4.79 Å². The van der Waals surface area contributed by atoms with Gasteiger partial charge >= 0.3 is 12.1 Å². The molecule has 0 saturated heterocycles. The van der Waals surface area contributed by atoms with Crippen LogP contribution in [0.25, 0.3) is 11.1 Å². The highest BCUT2D eigenvalue weighted by Gasteiger charge is 2.37. The van der Waals surface area contributed by atoms with Crippen molar-refractivity contribution in [3.63, 3.8) is 0 Å². The van der Waals surface area contributed by atoms with Crippen molar-refractivity contribution in [1.82, 2.24) is 10.6 Å². The molecular weight excluding hydrogens is 424 g/mol. The Bertz CT molecular complexity index is 978. The van der Waals surface area contributed by atoms with Gasteiger partial charge in [0, 0.05) is 18.9 Å². The number of carboxylic acid groups (broad SMARTS) is 1. The molecule has 2 amide bonds. The van der Waals surface area contributed by atoms with Crippen molar-refractivity contribution in [3.05, 3.63) is 59.7 Å². The number of rotatable bonds is 10. The first kappa shape index (κ1) is 24.3. The Morgan fingerprint density at radius 2 is 1.64 bits per heavy atom. The zero-order valence-corrected chi connectivity index (χ0v) is 18.8. The van der Waals surface area contributed by atoms with Crippen molar-refractivity contribution >= 4 is 18.0 Å². The summed E-state index contributed by atoms with van der Waals surface area (Å²) in [6.45, 7) is 3.10. The number of fused-ring (bicyclic) bond motifs is 3. The topological polar surface area (TPSA) is 125 Å². The molecule has 1 aliphatic rings. The Morgan fingerprint density at radius 1 is 1.06 bits per heavy atom. The van der Waals surface area contributed by atoms with Gasteiger partial charge in [0.25, 0.3) is 0 Å². The zero-order valence-electron chi connectivity index (χ0n) is 18.8. The van der Waals surface area contributed by atoms with Crippen LogP contribution >= 0.6 is 0 Å². The van der Waals surface area contributed by atoms with E-state index in [1.54, 1.807) is 0 Å². The van der Waals surface area contributed by atoms with E-state index in [1.165, 1.54) is 6.92 Å². The van der Waals surface area contributed by atoms with Crippen LogP contribution in [0.5, 0.6) is 0 Å². The maximum atomic E-state index is 12.8. The third kappa shape index (κ3) is 5.34. The lowest BCUT2D eigenvalue weighted by atomic mass is 9.94. The van der Waals surface area contributed by atoms with Gasteiger partial charge in [0.2, 0.25) is 5.91 Å². The van der Waals surface area contributed by atoms with Crippen LogP contribution in [-0.4, -0.2) is 53.0 Å². The Labute approximate surface area is 193 Å². The molecule has 0 bridgehead atoms. The van der Waals surface area contributed by atoms with Gasteiger partial charge in [-0.2, -0.15) is 0 Å². The summed E-state index contributed by atoms with van der Waals surface area (Å²) in [5.74, 6) is -2.01. The van der Waals surface area contributed by atoms with E-state index in [2.05, 4.69) is 10.6 Å². The number of hydrogen-bond donors (Lipinski definition) is 4. The fourth-order valence-electron chi connectivity index (χ4n) is 4.30. The van der Waals surface area contributed by atoms with Gasteiger partial charge in [0.15, 0.2) is 0 Å². The predicted molar refractivity (Wildman–Crippen MR) is 123 cm³/mol. The van der Waals surface area contributed by atoms with E-state index in [9.17, 15) is 19.5 Å². The van der Waals surface area contributed by atoms with Gasteiger partial charge in [-0.25, -0.2) is 9.59 Å².